The number of rotatable bonds is 4. The molecule has 0 aliphatic rings. The summed E-state index contributed by atoms with van der Waals surface area (Å²) in [6, 6.07) is 15.6. The van der Waals surface area contributed by atoms with Crippen LogP contribution in [0.4, 0.5) is 0 Å². The molecule has 2 aromatic carbocycles. The van der Waals surface area contributed by atoms with E-state index in [4.69, 9.17) is 22.1 Å². The third-order valence-corrected chi connectivity index (χ3v) is 3.56. The number of aromatic amines is 1. The molecule has 1 aromatic heterocycles. The molecule has 0 spiro atoms. The highest BCUT2D eigenvalue weighted by atomic mass is 35.5. The van der Waals surface area contributed by atoms with Crippen molar-refractivity contribution < 1.29 is 4.74 Å². The van der Waals surface area contributed by atoms with E-state index in [1.807, 2.05) is 42.5 Å². The molecule has 0 fully saturated rings. The highest BCUT2D eigenvalue weighted by Gasteiger charge is 2.06. The van der Waals surface area contributed by atoms with Crippen molar-refractivity contribution in [1.82, 2.24) is 4.98 Å². The summed E-state index contributed by atoms with van der Waals surface area (Å²) >= 11 is 6.07. The standard InChI is InChI=1S/C16H15ClN2O/c17-14-5-1-2-7-16(14)20-10-12-8-13-11(9-18)4-3-6-15(13)19-12/h1-8,19H,9-10,18H2. The van der Waals surface area contributed by atoms with Gasteiger partial charge in [0.1, 0.15) is 12.4 Å². The molecule has 0 bridgehead atoms. The Hall–Kier alpha value is -1.97. The summed E-state index contributed by atoms with van der Waals surface area (Å²) in [6.45, 7) is 0.975. The van der Waals surface area contributed by atoms with Crippen molar-refractivity contribution >= 4 is 22.5 Å². The Morgan fingerprint density at radius 1 is 1.10 bits per heavy atom. The third kappa shape index (κ3) is 2.50. The van der Waals surface area contributed by atoms with Gasteiger partial charge < -0.3 is 15.5 Å². The van der Waals surface area contributed by atoms with Crippen LogP contribution in [0.25, 0.3) is 10.9 Å². The van der Waals surface area contributed by atoms with Crippen LogP contribution in [-0.2, 0) is 13.2 Å². The van der Waals surface area contributed by atoms with Gasteiger partial charge >= 0.3 is 0 Å². The quantitative estimate of drug-likeness (QED) is 0.765. The van der Waals surface area contributed by atoms with E-state index in [9.17, 15) is 0 Å². The number of hydrogen-bond donors (Lipinski definition) is 2. The first-order chi connectivity index (χ1) is 9.78. The van der Waals surface area contributed by atoms with Crippen LogP contribution in [0.15, 0.2) is 48.5 Å². The van der Waals surface area contributed by atoms with Gasteiger partial charge in [-0.3, -0.25) is 0 Å². The Bertz CT molecular complexity index is 736. The van der Waals surface area contributed by atoms with Crippen molar-refractivity contribution in [3.8, 4) is 5.75 Å². The molecular formula is C16H15ClN2O. The van der Waals surface area contributed by atoms with Crippen LogP contribution in [-0.4, -0.2) is 4.98 Å². The van der Waals surface area contributed by atoms with Gasteiger partial charge in [-0.25, -0.2) is 0 Å². The molecule has 20 heavy (non-hydrogen) atoms. The summed E-state index contributed by atoms with van der Waals surface area (Å²) in [7, 11) is 0. The van der Waals surface area contributed by atoms with Gasteiger partial charge in [0.2, 0.25) is 0 Å². The molecule has 102 valence electrons. The molecule has 0 saturated heterocycles. The van der Waals surface area contributed by atoms with Crippen LogP contribution < -0.4 is 10.5 Å². The molecule has 0 saturated carbocycles. The molecule has 0 aliphatic heterocycles. The molecule has 3 N–H and O–H groups in total. The molecular weight excluding hydrogens is 272 g/mol. The number of halogens is 1. The van der Waals surface area contributed by atoms with E-state index in [-0.39, 0.29) is 0 Å². The molecule has 4 heteroatoms. The van der Waals surface area contributed by atoms with E-state index < -0.39 is 0 Å². The van der Waals surface area contributed by atoms with E-state index in [1.54, 1.807) is 0 Å². The second-order valence-corrected chi connectivity index (χ2v) is 5.00. The van der Waals surface area contributed by atoms with Crippen molar-refractivity contribution in [3.05, 3.63) is 64.8 Å². The zero-order valence-electron chi connectivity index (χ0n) is 10.9. The molecule has 0 radical (unpaired) electrons. The van der Waals surface area contributed by atoms with Gasteiger partial charge in [0, 0.05) is 17.4 Å². The van der Waals surface area contributed by atoms with Crippen LogP contribution in [0.1, 0.15) is 11.3 Å². The van der Waals surface area contributed by atoms with E-state index in [2.05, 4.69) is 11.1 Å². The highest BCUT2D eigenvalue weighted by molar-refractivity contribution is 6.32. The zero-order valence-corrected chi connectivity index (χ0v) is 11.7. The molecule has 3 nitrogen and oxygen atoms in total. The molecule has 0 aliphatic carbocycles. The lowest BCUT2D eigenvalue weighted by Crippen LogP contribution is -1.96. The molecule has 0 unspecified atom stereocenters. The second-order valence-electron chi connectivity index (χ2n) is 4.60. The Balaban J connectivity index is 1.83. The van der Waals surface area contributed by atoms with E-state index in [1.165, 1.54) is 0 Å². The normalized spacial score (nSPS) is 10.9. The maximum absolute atomic E-state index is 6.07. The maximum Gasteiger partial charge on any atom is 0.138 e. The number of H-pyrrole nitrogens is 1. The Labute approximate surface area is 122 Å². The fourth-order valence-corrected chi connectivity index (χ4v) is 2.44. The number of para-hydroxylation sites is 1. The zero-order chi connectivity index (χ0) is 13.9. The van der Waals surface area contributed by atoms with Crippen LogP contribution >= 0.6 is 11.6 Å². The van der Waals surface area contributed by atoms with Crippen molar-refractivity contribution in [2.75, 3.05) is 0 Å². The van der Waals surface area contributed by atoms with Crippen LogP contribution in [0.5, 0.6) is 5.75 Å². The van der Waals surface area contributed by atoms with Crippen molar-refractivity contribution in [2.45, 2.75) is 13.2 Å². The molecule has 0 atom stereocenters. The number of hydrogen-bond acceptors (Lipinski definition) is 2. The third-order valence-electron chi connectivity index (χ3n) is 3.25. The average Bonchev–Trinajstić information content (AvgIpc) is 2.89. The number of nitrogens with one attached hydrogen (secondary N) is 1. The second kappa shape index (κ2) is 5.57. The fraction of sp³-hybridized carbons (Fsp3) is 0.125. The summed E-state index contributed by atoms with van der Waals surface area (Å²) in [6.07, 6.45) is 0. The summed E-state index contributed by atoms with van der Waals surface area (Å²) in [5, 5.41) is 1.76. The number of benzene rings is 2. The van der Waals surface area contributed by atoms with E-state index in [0.29, 0.717) is 23.9 Å². The van der Waals surface area contributed by atoms with Gasteiger partial charge in [-0.1, -0.05) is 35.9 Å². The lowest BCUT2D eigenvalue weighted by atomic mass is 10.1. The largest absolute Gasteiger partial charge is 0.486 e. The predicted octanol–water partition coefficient (Wildman–Crippen LogP) is 3.86. The number of fused-ring (bicyclic) bond motifs is 1. The predicted molar refractivity (Wildman–Crippen MR) is 82.0 cm³/mol. The minimum absolute atomic E-state index is 0.447. The van der Waals surface area contributed by atoms with Crippen LogP contribution in [0.2, 0.25) is 5.02 Å². The fourth-order valence-electron chi connectivity index (χ4n) is 2.25. The van der Waals surface area contributed by atoms with Gasteiger partial charge in [-0.15, -0.1) is 0 Å². The van der Waals surface area contributed by atoms with E-state index in [0.717, 1.165) is 22.2 Å². The van der Waals surface area contributed by atoms with Crippen LogP contribution in [0.3, 0.4) is 0 Å². The van der Waals surface area contributed by atoms with Gasteiger partial charge in [0.05, 0.1) is 10.7 Å². The lowest BCUT2D eigenvalue weighted by molar-refractivity contribution is 0.302. The SMILES string of the molecule is NCc1cccc2[nH]c(COc3ccccc3Cl)cc12. The first-order valence-corrected chi connectivity index (χ1v) is 6.82. The lowest BCUT2D eigenvalue weighted by Gasteiger charge is -2.05. The smallest absolute Gasteiger partial charge is 0.138 e. The molecule has 0 amide bonds. The first-order valence-electron chi connectivity index (χ1n) is 6.45. The molecule has 1 heterocycles. The van der Waals surface area contributed by atoms with Crippen molar-refractivity contribution in [1.29, 1.82) is 0 Å². The average molecular weight is 287 g/mol. The van der Waals surface area contributed by atoms with Crippen molar-refractivity contribution in [3.63, 3.8) is 0 Å². The maximum atomic E-state index is 6.07. The minimum atomic E-state index is 0.447. The highest BCUT2D eigenvalue weighted by Crippen LogP contribution is 2.25. The number of aromatic nitrogens is 1. The van der Waals surface area contributed by atoms with Crippen molar-refractivity contribution in [2.24, 2.45) is 5.73 Å². The summed E-state index contributed by atoms with van der Waals surface area (Å²) < 4.78 is 5.73. The van der Waals surface area contributed by atoms with Gasteiger partial charge in [-0.2, -0.15) is 0 Å². The number of ether oxygens (including phenoxy) is 1. The van der Waals surface area contributed by atoms with Gasteiger partial charge in [0.15, 0.2) is 0 Å². The monoisotopic (exact) mass is 286 g/mol. The Morgan fingerprint density at radius 2 is 1.95 bits per heavy atom. The summed E-state index contributed by atoms with van der Waals surface area (Å²) in [5.74, 6) is 0.687. The summed E-state index contributed by atoms with van der Waals surface area (Å²) in [5.41, 5.74) is 8.95. The summed E-state index contributed by atoms with van der Waals surface area (Å²) in [4.78, 5) is 3.34. The molecule has 3 aromatic rings. The van der Waals surface area contributed by atoms with Gasteiger partial charge in [-0.05, 0) is 29.8 Å². The number of nitrogens with two attached hydrogens (primary N) is 1. The van der Waals surface area contributed by atoms with Gasteiger partial charge in [0.25, 0.3) is 0 Å². The minimum Gasteiger partial charge on any atom is -0.486 e. The Kier molecular flexibility index (Phi) is 3.63. The Morgan fingerprint density at radius 3 is 2.75 bits per heavy atom. The topological polar surface area (TPSA) is 51.0 Å². The van der Waals surface area contributed by atoms with E-state index >= 15 is 0 Å². The first kappa shape index (κ1) is 13.0. The van der Waals surface area contributed by atoms with Crippen LogP contribution in [0, 0.1) is 0 Å². The molecule has 3 rings (SSSR count).